The second-order valence-corrected chi connectivity index (χ2v) is 6.20. The Morgan fingerprint density at radius 3 is 2.15 bits per heavy atom. The minimum Gasteiger partial charge on any atom is -0.493 e. The van der Waals surface area contributed by atoms with Crippen molar-refractivity contribution in [2.45, 2.75) is 0 Å². The first-order valence-corrected chi connectivity index (χ1v) is 8.67. The number of para-hydroxylation sites is 1. The molecule has 26 heavy (non-hydrogen) atoms. The molecule has 1 aliphatic rings. The molecule has 0 saturated carbocycles. The normalized spacial score (nSPS) is 13.6. The summed E-state index contributed by atoms with van der Waals surface area (Å²) in [5, 5.41) is 0. The summed E-state index contributed by atoms with van der Waals surface area (Å²) in [7, 11) is 4.76. The van der Waals surface area contributed by atoms with Crippen LogP contribution in [0.1, 0.15) is 0 Å². The third-order valence-electron chi connectivity index (χ3n) is 3.78. The molecule has 0 N–H and O–H groups in total. The smallest absolute Gasteiger partial charge is 0.232 e. The molecule has 6 nitrogen and oxygen atoms in total. The minimum absolute atomic E-state index is 0.399. The molecule has 0 saturated heterocycles. The number of nitrogens with zero attached hydrogens (tertiary/aromatic N) is 2. The Hall–Kier alpha value is -2.67. The van der Waals surface area contributed by atoms with Crippen molar-refractivity contribution in [3.8, 4) is 23.0 Å². The van der Waals surface area contributed by atoms with Gasteiger partial charge in [0.05, 0.1) is 25.8 Å². The lowest BCUT2D eigenvalue weighted by molar-refractivity contribution is 0.324. The summed E-state index contributed by atoms with van der Waals surface area (Å²) in [6, 6.07) is 13.3. The SMILES string of the molecule is COc1cc(N2C=C(Br)C(Oc3ccccc3)=NC2)cc(OC)c1OC. The summed E-state index contributed by atoms with van der Waals surface area (Å²) in [5.41, 5.74) is 0.860. The largest absolute Gasteiger partial charge is 0.493 e. The zero-order chi connectivity index (χ0) is 18.5. The molecular formula is C19H19BrN2O4. The van der Waals surface area contributed by atoms with E-state index in [0.29, 0.717) is 29.8 Å². The van der Waals surface area contributed by atoms with Gasteiger partial charge in [0.15, 0.2) is 11.5 Å². The van der Waals surface area contributed by atoms with Crippen LogP contribution >= 0.6 is 15.9 Å². The van der Waals surface area contributed by atoms with Gasteiger partial charge in [0.1, 0.15) is 12.4 Å². The van der Waals surface area contributed by atoms with Gasteiger partial charge in [0.25, 0.3) is 0 Å². The molecule has 0 amide bonds. The molecule has 0 bridgehead atoms. The quantitative estimate of drug-likeness (QED) is 0.727. The van der Waals surface area contributed by atoms with Gasteiger partial charge in [-0.3, -0.25) is 0 Å². The molecule has 0 aromatic heterocycles. The second-order valence-electron chi connectivity index (χ2n) is 5.35. The van der Waals surface area contributed by atoms with Crippen molar-refractivity contribution in [3.63, 3.8) is 0 Å². The van der Waals surface area contributed by atoms with E-state index in [2.05, 4.69) is 20.9 Å². The molecule has 0 unspecified atom stereocenters. The number of methoxy groups -OCH3 is 3. The molecule has 2 aromatic rings. The zero-order valence-corrected chi connectivity index (χ0v) is 16.3. The third kappa shape index (κ3) is 3.77. The van der Waals surface area contributed by atoms with E-state index in [1.165, 1.54) is 0 Å². The highest BCUT2D eigenvalue weighted by atomic mass is 79.9. The molecule has 0 atom stereocenters. The number of anilines is 1. The van der Waals surface area contributed by atoms with E-state index in [4.69, 9.17) is 18.9 Å². The molecule has 0 spiro atoms. The molecular weight excluding hydrogens is 400 g/mol. The van der Waals surface area contributed by atoms with Crippen LogP contribution in [0.5, 0.6) is 23.0 Å². The van der Waals surface area contributed by atoms with Crippen LogP contribution in [0.15, 0.2) is 58.1 Å². The number of hydrogen-bond acceptors (Lipinski definition) is 6. The Morgan fingerprint density at radius 1 is 0.962 bits per heavy atom. The van der Waals surface area contributed by atoms with Crippen molar-refractivity contribution in [1.29, 1.82) is 0 Å². The van der Waals surface area contributed by atoms with Crippen LogP contribution in [0.3, 0.4) is 0 Å². The Kier molecular flexibility index (Phi) is 5.68. The number of rotatable bonds is 5. The highest BCUT2D eigenvalue weighted by Crippen LogP contribution is 2.41. The average Bonchev–Trinajstić information content (AvgIpc) is 2.69. The third-order valence-corrected chi connectivity index (χ3v) is 4.32. The number of hydrogen-bond donors (Lipinski definition) is 0. The molecule has 1 heterocycles. The first-order chi connectivity index (χ1) is 12.7. The first-order valence-electron chi connectivity index (χ1n) is 7.88. The van der Waals surface area contributed by atoms with Crippen LogP contribution in [0.25, 0.3) is 0 Å². The van der Waals surface area contributed by atoms with Gasteiger partial charge in [-0.1, -0.05) is 18.2 Å². The lowest BCUT2D eigenvalue weighted by atomic mass is 10.2. The number of aliphatic imine (C=N–C) groups is 1. The van der Waals surface area contributed by atoms with Crippen LogP contribution in [0.4, 0.5) is 5.69 Å². The van der Waals surface area contributed by atoms with Gasteiger partial charge < -0.3 is 23.8 Å². The van der Waals surface area contributed by atoms with E-state index in [9.17, 15) is 0 Å². The number of ether oxygens (including phenoxy) is 4. The Balaban J connectivity index is 1.84. The van der Waals surface area contributed by atoms with Gasteiger partial charge in [-0.15, -0.1) is 0 Å². The van der Waals surface area contributed by atoms with Crippen molar-refractivity contribution >= 4 is 27.5 Å². The van der Waals surface area contributed by atoms with Crippen LogP contribution in [-0.2, 0) is 0 Å². The highest BCUT2D eigenvalue weighted by Gasteiger charge is 2.20. The van der Waals surface area contributed by atoms with Crippen LogP contribution in [0, 0.1) is 0 Å². The van der Waals surface area contributed by atoms with Crippen LogP contribution < -0.4 is 23.8 Å². The summed E-state index contributed by atoms with van der Waals surface area (Å²) < 4.78 is 22.7. The van der Waals surface area contributed by atoms with Crippen molar-refractivity contribution in [1.82, 2.24) is 0 Å². The van der Waals surface area contributed by atoms with E-state index in [-0.39, 0.29) is 0 Å². The van der Waals surface area contributed by atoms with Crippen molar-refractivity contribution in [2.24, 2.45) is 4.99 Å². The van der Waals surface area contributed by atoms with E-state index >= 15 is 0 Å². The lowest BCUT2D eigenvalue weighted by Crippen LogP contribution is -2.25. The summed E-state index contributed by atoms with van der Waals surface area (Å²) in [4.78, 5) is 6.46. The predicted octanol–water partition coefficient (Wildman–Crippen LogP) is 4.20. The first kappa shape index (κ1) is 18.1. The molecule has 0 aliphatic carbocycles. The number of halogens is 1. The molecule has 0 radical (unpaired) electrons. The maximum Gasteiger partial charge on any atom is 0.232 e. The van der Waals surface area contributed by atoms with Crippen molar-refractivity contribution in [3.05, 3.63) is 53.1 Å². The van der Waals surface area contributed by atoms with Crippen LogP contribution in [-0.4, -0.2) is 33.9 Å². The summed E-state index contributed by atoms with van der Waals surface area (Å²) >= 11 is 3.53. The molecule has 1 aliphatic heterocycles. The predicted molar refractivity (Wildman–Crippen MR) is 105 cm³/mol. The van der Waals surface area contributed by atoms with Gasteiger partial charge >= 0.3 is 0 Å². The monoisotopic (exact) mass is 418 g/mol. The van der Waals surface area contributed by atoms with Gasteiger partial charge in [-0.05, 0) is 28.1 Å². The van der Waals surface area contributed by atoms with Gasteiger partial charge in [0.2, 0.25) is 11.6 Å². The Morgan fingerprint density at radius 2 is 1.62 bits per heavy atom. The molecule has 136 valence electrons. The molecule has 3 rings (SSSR count). The van der Waals surface area contributed by atoms with Crippen molar-refractivity contribution in [2.75, 3.05) is 32.9 Å². The summed E-state index contributed by atoms with van der Waals surface area (Å²) in [5.74, 6) is 2.98. The zero-order valence-electron chi connectivity index (χ0n) is 14.7. The average molecular weight is 419 g/mol. The fourth-order valence-corrected chi connectivity index (χ4v) is 2.97. The topological polar surface area (TPSA) is 52.5 Å². The molecule has 2 aromatic carbocycles. The van der Waals surface area contributed by atoms with Crippen molar-refractivity contribution < 1.29 is 18.9 Å². The molecule has 7 heteroatoms. The van der Waals surface area contributed by atoms with E-state index < -0.39 is 0 Å². The Bertz CT molecular complexity index is 812. The lowest BCUT2D eigenvalue weighted by Gasteiger charge is -2.25. The fraction of sp³-hybridized carbons (Fsp3) is 0.211. The van der Waals surface area contributed by atoms with Crippen LogP contribution in [0.2, 0.25) is 0 Å². The molecule has 0 fully saturated rings. The van der Waals surface area contributed by atoms with Gasteiger partial charge in [0, 0.05) is 24.0 Å². The minimum atomic E-state index is 0.399. The standard InChI is InChI=1S/C19H19BrN2O4/c1-23-16-9-13(10-17(24-2)18(16)25-3)22-11-15(20)19(21-12-22)26-14-7-5-4-6-8-14/h4-11H,12H2,1-3H3. The maximum absolute atomic E-state index is 5.82. The van der Waals surface area contributed by atoms with E-state index in [0.717, 1.165) is 15.9 Å². The highest BCUT2D eigenvalue weighted by molar-refractivity contribution is 9.12. The van der Waals surface area contributed by atoms with Gasteiger partial charge in [-0.2, -0.15) is 0 Å². The van der Waals surface area contributed by atoms with E-state index in [1.54, 1.807) is 21.3 Å². The summed E-state index contributed by atoms with van der Waals surface area (Å²) in [6.07, 6.45) is 1.91. The number of benzene rings is 2. The summed E-state index contributed by atoms with van der Waals surface area (Å²) in [6.45, 7) is 0.399. The maximum atomic E-state index is 5.82. The van der Waals surface area contributed by atoms with Gasteiger partial charge in [-0.25, -0.2) is 4.99 Å². The fourth-order valence-electron chi connectivity index (χ4n) is 2.52. The second kappa shape index (κ2) is 8.14. The van der Waals surface area contributed by atoms with E-state index in [1.807, 2.05) is 53.6 Å². The Labute approximate surface area is 160 Å².